The van der Waals surface area contributed by atoms with Gasteiger partial charge in [0.25, 0.3) is 0 Å². The average molecular weight is 750 g/mol. The Labute approximate surface area is 329 Å². The first-order chi connectivity index (χ1) is 26.6. The van der Waals surface area contributed by atoms with E-state index in [1.54, 1.807) is 0 Å². The van der Waals surface area contributed by atoms with Crippen LogP contribution in [-0.4, -0.2) is 59.2 Å². The largest absolute Gasteiger partial charge is 0.466 e. The van der Waals surface area contributed by atoms with Crippen LogP contribution in [0.3, 0.4) is 0 Å². The van der Waals surface area contributed by atoms with Crippen LogP contribution in [0, 0.1) is 52.8 Å². The van der Waals surface area contributed by atoms with Gasteiger partial charge in [-0.15, -0.1) is 0 Å². The summed E-state index contributed by atoms with van der Waals surface area (Å²) in [7, 11) is 0. The smallest absolute Gasteiger partial charge is 0.306 e. The summed E-state index contributed by atoms with van der Waals surface area (Å²) in [6.07, 6.45) is 35.6. The van der Waals surface area contributed by atoms with Crippen LogP contribution in [0.5, 0.6) is 0 Å². The summed E-state index contributed by atoms with van der Waals surface area (Å²) in [5, 5.41) is 0. The number of esters is 2. The van der Waals surface area contributed by atoms with Gasteiger partial charge in [0.15, 0.2) is 0 Å². The number of hydrogen-bond acceptors (Lipinski definition) is 6. The SMILES string of the molecule is CCCCCCC(CCCCCC)CCOC(=O)CCCCCCCN(CCCCCCCCOC(=O)CC12C3C4C5C3C1C5C42)CCCn1ccnc1. The number of ether oxygens (including phenoxy) is 2. The first kappa shape index (κ1) is 41.7. The van der Waals surface area contributed by atoms with E-state index in [1.165, 1.54) is 129 Å². The van der Waals surface area contributed by atoms with E-state index < -0.39 is 0 Å². The zero-order valence-electron chi connectivity index (χ0n) is 34.7. The summed E-state index contributed by atoms with van der Waals surface area (Å²) in [6, 6.07) is 0. The van der Waals surface area contributed by atoms with Crippen molar-refractivity contribution in [3.8, 4) is 0 Å². The van der Waals surface area contributed by atoms with Crippen LogP contribution >= 0.6 is 0 Å². The number of unbranched alkanes of at least 4 members (excludes halogenated alkanes) is 15. The highest BCUT2D eigenvalue weighted by molar-refractivity contribution is 5.73. The summed E-state index contributed by atoms with van der Waals surface area (Å²) in [5.41, 5.74) is 0.459. The standard InChI is InChI=1S/C47H79N3O4/c1-3-5-7-16-23-37(24-17-8-6-4-2)26-34-54-38(51)25-18-12-11-14-20-29-49(30-22-31-50-32-27-48-36-50)28-19-13-9-10-15-21-33-53-39(52)35-47-44-41-40-42(44)46(47)43(40)45(41)47/h27,32,36-37,40-46H,3-26,28-31,33-35H2,1-2H3. The molecule has 0 aromatic carbocycles. The van der Waals surface area contributed by atoms with Gasteiger partial charge in [0, 0.05) is 25.4 Å². The number of carbonyl (C=O) groups excluding carboxylic acids is 2. The van der Waals surface area contributed by atoms with Crippen molar-refractivity contribution in [2.45, 2.75) is 181 Å². The van der Waals surface area contributed by atoms with Crippen LogP contribution in [0.1, 0.15) is 174 Å². The number of nitrogens with zero attached hydrogens (tertiary/aromatic N) is 3. The number of imidazole rings is 1. The zero-order chi connectivity index (χ0) is 37.6. The Morgan fingerprint density at radius 1 is 0.630 bits per heavy atom. The molecule has 0 atom stereocenters. The Morgan fingerprint density at radius 3 is 1.80 bits per heavy atom. The number of rotatable bonds is 36. The molecule has 54 heavy (non-hydrogen) atoms. The minimum atomic E-state index is 0.0106. The molecule has 0 aliphatic heterocycles. The van der Waals surface area contributed by atoms with Gasteiger partial charge in [0.05, 0.1) is 26.0 Å². The summed E-state index contributed by atoms with van der Waals surface area (Å²) in [5.74, 6) is 7.94. The molecule has 1 heterocycles. The van der Waals surface area contributed by atoms with Crippen LogP contribution in [0.25, 0.3) is 0 Å². The minimum absolute atomic E-state index is 0.0106. The summed E-state index contributed by atoms with van der Waals surface area (Å²) in [4.78, 5) is 31.9. The van der Waals surface area contributed by atoms with E-state index in [9.17, 15) is 9.59 Å². The van der Waals surface area contributed by atoms with E-state index in [4.69, 9.17) is 9.47 Å². The van der Waals surface area contributed by atoms with Gasteiger partial charge in [-0.25, -0.2) is 4.98 Å². The third kappa shape index (κ3) is 9.97. The van der Waals surface area contributed by atoms with Crippen molar-refractivity contribution in [3.05, 3.63) is 18.7 Å². The molecule has 0 amide bonds. The lowest BCUT2D eigenvalue weighted by Gasteiger charge is -3.07. The topological polar surface area (TPSA) is 73.7 Å². The van der Waals surface area contributed by atoms with E-state index in [1.807, 2.05) is 12.5 Å². The Hall–Kier alpha value is -1.89. The van der Waals surface area contributed by atoms with Crippen LogP contribution in [-0.2, 0) is 25.6 Å². The van der Waals surface area contributed by atoms with Crippen LogP contribution in [0.4, 0.5) is 0 Å². The van der Waals surface area contributed by atoms with Crippen LogP contribution in [0.2, 0.25) is 0 Å². The molecule has 6 fully saturated rings. The predicted molar refractivity (Wildman–Crippen MR) is 218 cm³/mol. The second-order valence-electron chi connectivity index (χ2n) is 18.6. The lowest BCUT2D eigenvalue weighted by Crippen LogP contribution is -3.05. The van der Waals surface area contributed by atoms with E-state index in [0.29, 0.717) is 25.0 Å². The van der Waals surface area contributed by atoms with E-state index >= 15 is 0 Å². The Balaban J connectivity index is 0.743. The number of aromatic nitrogens is 2. The first-order valence-electron chi connectivity index (χ1n) is 23.6. The maximum Gasteiger partial charge on any atom is 0.306 e. The Bertz CT molecular complexity index is 1170. The first-order valence-corrected chi connectivity index (χ1v) is 23.6. The van der Waals surface area contributed by atoms with Crippen molar-refractivity contribution in [2.75, 3.05) is 32.8 Å². The van der Waals surface area contributed by atoms with Crippen molar-refractivity contribution in [1.29, 1.82) is 0 Å². The highest BCUT2D eigenvalue weighted by Crippen LogP contribution is 3.06. The maximum atomic E-state index is 12.5. The fraction of sp³-hybridized carbons (Fsp3) is 0.894. The molecule has 1 aromatic rings. The fourth-order valence-electron chi connectivity index (χ4n) is 12.6. The second-order valence-corrected chi connectivity index (χ2v) is 18.6. The van der Waals surface area contributed by atoms with Gasteiger partial charge in [-0.2, -0.15) is 0 Å². The molecule has 1 aromatic heterocycles. The zero-order valence-corrected chi connectivity index (χ0v) is 34.7. The normalized spacial score (nSPS) is 27.5. The quantitative estimate of drug-likeness (QED) is 0.0502. The molecule has 0 saturated heterocycles. The van der Waals surface area contributed by atoms with Crippen molar-refractivity contribution < 1.29 is 19.1 Å². The van der Waals surface area contributed by atoms with Crippen LogP contribution in [0.15, 0.2) is 18.7 Å². The second kappa shape index (κ2) is 21.6. The molecule has 6 aliphatic rings. The summed E-state index contributed by atoms with van der Waals surface area (Å²) < 4.78 is 13.6. The molecule has 306 valence electrons. The molecule has 6 saturated carbocycles. The van der Waals surface area contributed by atoms with E-state index in [-0.39, 0.29) is 11.9 Å². The van der Waals surface area contributed by atoms with Crippen LogP contribution < -0.4 is 0 Å². The number of hydrogen-bond donors (Lipinski definition) is 0. The summed E-state index contributed by atoms with van der Waals surface area (Å²) >= 11 is 0. The average Bonchev–Trinajstić information content (AvgIpc) is 3.70. The Morgan fingerprint density at radius 2 is 1.19 bits per heavy atom. The fourth-order valence-corrected chi connectivity index (χ4v) is 12.6. The van der Waals surface area contributed by atoms with Crippen molar-refractivity contribution in [3.63, 3.8) is 0 Å². The molecular formula is C47H79N3O4. The van der Waals surface area contributed by atoms with E-state index in [2.05, 4.69) is 34.5 Å². The monoisotopic (exact) mass is 750 g/mol. The molecule has 7 rings (SSSR count). The molecule has 7 heteroatoms. The van der Waals surface area contributed by atoms with Crippen molar-refractivity contribution in [2.24, 2.45) is 52.8 Å². The Kier molecular flexibility index (Phi) is 16.7. The van der Waals surface area contributed by atoms with E-state index in [0.717, 1.165) is 99.0 Å². The van der Waals surface area contributed by atoms with Gasteiger partial charge in [-0.1, -0.05) is 123 Å². The maximum absolute atomic E-state index is 12.5. The molecule has 0 bridgehead atoms. The molecule has 6 aliphatic carbocycles. The molecule has 7 nitrogen and oxygen atoms in total. The minimum Gasteiger partial charge on any atom is -0.466 e. The molecular weight excluding hydrogens is 671 g/mol. The number of carbonyl (C=O) groups is 2. The molecule has 0 spiro atoms. The van der Waals surface area contributed by atoms with Gasteiger partial charge in [0.1, 0.15) is 0 Å². The molecule has 0 radical (unpaired) electrons. The lowest BCUT2D eigenvalue weighted by molar-refractivity contribution is -0.613. The highest BCUT2D eigenvalue weighted by atomic mass is 16.5. The van der Waals surface area contributed by atoms with Gasteiger partial charge >= 0.3 is 11.9 Å². The third-order valence-corrected chi connectivity index (χ3v) is 15.3. The third-order valence-electron chi connectivity index (χ3n) is 15.3. The van der Waals surface area contributed by atoms with Gasteiger partial charge in [-0.3, -0.25) is 9.59 Å². The van der Waals surface area contributed by atoms with Gasteiger partial charge < -0.3 is 18.9 Å². The number of aryl methyl sites for hydroxylation is 1. The van der Waals surface area contributed by atoms with Crippen molar-refractivity contribution >= 4 is 11.9 Å². The molecule has 0 unspecified atom stereocenters. The lowest BCUT2D eigenvalue weighted by atomic mass is 8.96. The van der Waals surface area contributed by atoms with Crippen molar-refractivity contribution in [1.82, 2.24) is 14.5 Å². The van der Waals surface area contributed by atoms with Gasteiger partial charge in [0.2, 0.25) is 0 Å². The highest BCUT2D eigenvalue weighted by Gasteiger charge is 3.04. The predicted octanol–water partition coefficient (Wildman–Crippen LogP) is 11.0. The molecule has 0 N–H and O–H groups in total. The van der Waals surface area contributed by atoms with Gasteiger partial charge in [-0.05, 0) is 111 Å². The summed E-state index contributed by atoms with van der Waals surface area (Å²) in [6.45, 7) is 10.3.